The van der Waals surface area contributed by atoms with E-state index in [1.54, 1.807) is 0 Å². The zero-order valence-corrected chi connectivity index (χ0v) is 9.65. The lowest BCUT2D eigenvalue weighted by Gasteiger charge is -2.18. The summed E-state index contributed by atoms with van der Waals surface area (Å²) in [6.45, 7) is 4.71. The van der Waals surface area contributed by atoms with E-state index in [9.17, 15) is 0 Å². The molecule has 2 rings (SSSR count). The van der Waals surface area contributed by atoms with Crippen molar-refractivity contribution in [3.8, 4) is 0 Å². The van der Waals surface area contributed by atoms with Crippen molar-refractivity contribution in [3.05, 3.63) is 41.7 Å². The van der Waals surface area contributed by atoms with Crippen LogP contribution < -0.4 is 5.32 Å². The number of rotatable bonds is 4. The van der Waals surface area contributed by atoms with Crippen molar-refractivity contribution in [2.75, 3.05) is 19.8 Å². The first-order valence-corrected chi connectivity index (χ1v) is 5.75. The molecule has 3 nitrogen and oxygen atoms in total. The summed E-state index contributed by atoms with van der Waals surface area (Å²) < 4.78 is 5.40. The van der Waals surface area contributed by atoms with E-state index in [0.717, 1.165) is 26.2 Å². The molecule has 3 heteroatoms. The molecule has 1 aromatic heterocycles. The number of nitrogens with one attached hydrogen (secondary N) is 1. The molecule has 0 saturated carbocycles. The van der Waals surface area contributed by atoms with Crippen LogP contribution in [0.25, 0.3) is 0 Å². The average Bonchev–Trinajstić information content (AvgIpc) is 2.38. The van der Waals surface area contributed by atoms with Gasteiger partial charge in [-0.1, -0.05) is 6.08 Å². The molecule has 1 aliphatic rings. The normalized spacial score (nSPS) is 17.9. The molecule has 1 N–H and O–H groups in total. The predicted octanol–water partition coefficient (Wildman–Crippen LogP) is 2.08. The molecule has 1 aliphatic heterocycles. The Morgan fingerprint density at radius 1 is 1.44 bits per heavy atom. The summed E-state index contributed by atoms with van der Waals surface area (Å²) in [4.78, 5) is 4.02. The standard InChI is InChI=1S/C13H18N2O/c1-11(13-4-6-14-7-5-13)15-9-12-3-2-8-16-10-12/h3-7,11,15H,2,8-10H2,1H3. The highest BCUT2D eigenvalue weighted by molar-refractivity contribution is 5.15. The van der Waals surface area contributed by atoms with Crippen LogP contribution in [0.3, 0.4) is 0 Å². The molecule has 16 heavy (non-hydrogen) atoms. The van der Waals surface area contributed by atoms with Gasteiger partial charge in [0.25, 0.3) is 0 Å². The quantitative estimate of drug-likeness (QED) is 0.786. The van der Waals surface area contributed by atoms with E-state index in [1.807, 2.05) is 24.5 Å². The Balaban J connectivity index is 1.84. The molecule has 0 aromatic carbocycles. The fourth-order valence-corrected chi connectivity index (χ4v) is 1.79. The van der Waals surface area contributed by atoms with E-state index in [0.29, 0.717) is 6.04 Å². The fourth-order valence-electron chi connectivity index (χ4n) is 1.79. The molecule has 0 aliphatic carbocycles. The third kappa shape index (κ3) is 3.15. The van der Waals surface area contributed by atoms with Crippen molar-refractivity contribution >= 4 is 0 Å². The molecule has 1 unspecified atom stereocenters. The van der Waals surface area contributed by atoms with Gasteiger partial charge in [-0.15, -0.1) is 0 Å². The predicted molar refractivity (Wildman–Crippen MR) is 64.2 cm³/mol. The van der Waals surface area contributed by atoms with Gasteiger partial charge >= 0.3 is 0 Å². The molecule has 0 spiro atoms. The summed E-state index contributed by atoms with van der Waals surface area (Å²) in [5.41, 5.74) is 2.62. The number of ether oxygens (including phenoxy) is 1. The fraction of sp³-hybridized carbons (Fsp3) is 0.462. The Morgan fingerprint density at radius 2 is 2.25 bits per heavy atom. The Bertz CT molecular complexity index is 348. The van der Waals surface area contributed by atoms with Crippen LogP contribution in [0.1, 0.15) is 24.9 Å². The number of hydrogen-bond acceptors (Lipinski definition) is 3. The van der Waals surface area contributed by atoms with Crippen LogP contribution >= 0.6 is 0 Å². The van der Waals surface area contributed by atoms with Gasteiger partial charge in [-0.25, -0.2) is 0 Å². The lowest BCUT2D eigenvalue weighted by Crippen LogP contribution is -2.24. The monoisotopic (exact) mass is 218 g/mol. The van der Waals surface area contributed by atoms with E-state index >= 15 is 0 Å². The summed E-state index contributed by atoms with van der Waals surface area (Å²) in [6, 6.07) is 4.44. The highest BCUT2D eigenvalue weighted by atomic mass is 16.5. The zero-order valence-electron chi connectivity index (χ0n) is 9.65. The molecule has 1 aromatic rings. The first-order valence-electron chi connectivity index (χ1n) is 5.75. The van der Waals surface area contributed by atoms with Crippen molar-refractivity contribution in [3.63, 3.8) is 0 Å². The largest absolute Gasteiger partial charge is 0.377 e. The summed E-state index contributed by atoms with van der Waals surface area (Å²) in [5, 5.41) is 3.49. The minimum absolute atomic E-state index is 0.353. The maximum absolute atomic E-state index is 5.40. The molecule has 0 bridgehead atoms. The van der Waals surface area contributed by atoms with Crippen molar-refractivity contribution in [1.29, 1.82) is 0 Å². The first kappa shape index (κ1) is 11.3. The Hall–Kier alpha value is -1.19. The van der Waals surface area contributed by atoms with Crippen molar-refractivity contribution in [2.24, 2.45) is 0 Å². The molecule has 0 radical (unpaired) electrons. The van der Waals surface area contributed by atoms with Crippen LogP contribution in [-0.2, 0) is 4.74 Å². The highest BCUT2D eigenvalue weighted by Crippen LogP contribution is 2.11. The van der Waals surface area contributed by atoms with Gasteiger partial charge in [0, 0.05) is 25.0 Å². The van der Waals surface area contributed by atoms with Crippen LogP contribution in [0, 0.1) is 0 Å². The molecular weight excluding hydrogens is 200 g/mol. The van der Waals surface area contributed by atoms with Gasteiger partial charge in [-0.2, -0.15) is 0 Å². The Morgan fingerprint density at radius 3 is 2.94 bits per heavy atom. The summed E-state index contributed by atoms with van der Waals surface area (Å²) in [7, 11) is 0. The second-order valence-electron chi connectivity index (χ2n) is 4.09. The minimum Gasteiger partial charge on any atom is -0.377 e. The average molecular weight is 218 g/mol. The van der Waals surface area contributed by atoms with Gasteiger partial charge in [0.15, 0.2) is 0 Å². The van der Waals surface area contributed by atoms with Gasteiger partial charge in [0.2, 0.25) is 0 Å². The lowest BCUT2D eigenvalue weighted by atomic mass is 10.1. The minimum atomic E-state index is 0.353. The van der Waals surface area contributed by atoms with E-state index in [2.05, 4.69) is 23.3 Å². The van der Waals surface area contributed by atoms with Crippen LogP contribution in [0.2, 0.25) is 0 Å². The lowest BCUT2D eigenvalue weighted by molar-refractivity contribution is 0.148. The van der Waals surface area contributed by atoms with E-state index in [-0.39, 0.29) is 0 Å². The van der Waals surface area contributed by atoms with E-state index < -0.39 is 0 Å². The van der Waals surface area contributed by atoms with Gasteiger partial charge in [-0.05, 0) is 36.6 Å². The molecule has 0 fully saturated rings. The second kappa shape index (κ2) is 5.77. The first-order chi connectivity index (χ1) is 7.86. The van der Waals surface area contributed by atoms with E-state index in [4.69, 9.17) is 4.74 Å². The molecule has 0 amide bonds. The Labute approximate surface area is 96.5 Å². The van der Waals surface area contributed by atoms with Gasteiger partial charge in [-0.3, -0.25) is 4.98 Å². The smallest absolute Gasteiger partial charge is 0.0689 e. The summed E-state index contributed by atoms with van der Waals surface area (Å²) in [5.74, 6) is 0. The van der Waals surface area contributed by atoms with Gasteiger partial charge in [0.05, 0.1) is 13.2 Å². The van der Waals surface area contributed by atoms with Crippen LogP contribution in [-0.4, -0.2) is 24.7 Å². The summed E-state index contributed by atoms with van der Waals surface area (Å²) in [6.07, 6.45) is 6.98. The van der Waals surface area contributed by atoms with Crippen LogP contribution in [0.15, 0.2) is 36.2 Å². The topological polar surface area (TPSA) is 34.1 Å². The number of aromatic nitrogens is 1. The number of pyridine rings is 1. The van der Waals surface area contributed by atoms with Gasteiger partial charge in [0.1, 0.15) is 0 Å². The molecule has 2 heterocycles. The van der Waals surface area contributed by atoms with Crippen LogP contribution in [0.4, 0.5) is 0 Å². The highest BCUT2D eigenvalue weighted by Gasteiger charge is 2.07. The van der Waals surface area contributed by atoms with Crippen molar-refractivity contribution in [2.45, 2.75) is 19.4 Å². The van der Waals surface area contributed by atoms with Crippen molar-refractivity contribution < 1.29 is 4.74 Å². The summed E-state index contributed by atoms with van der Waals surface area (Å²) >= 11 is 0. The number of hydrogen-bond donors (Lipinski definition) is 1. The van der Waals surface area contributed by atoms with Crippen molar-refractivity contribution in [1.82, 2.24) is 10.3 Å². The van der Waals surface area contributed by atoms with Crippen LogP contribution in [0.5, 0.6) is 0 Å². The maximum atomic E-state index is 5.40. The van der Waals surface area contributed by atoms with Gasteiger partial charge < -0.3 is 10.1 Å². The maximum Gasteiger partial charge on any atom is 0.0689 e. The molecular formula is C13H18N2O. The SMILES string of the molecule is CC(NCC1=CCCOC1)c1ccncc1. The Kier molecular flexibility index (Phi) is 4.08. The molecule has 0 saturated heterocycles. The molecule has 1 atom stereocenters. The third-order valence-electron chi connectivity index (χ3n) is 2.82. The number of nitrogens with zero attached hydrogens (tertiary/aromatic N) is 1. The molecule has 86 valence electrons. The van der Waals surface area contributed by atoms with E-state index in [1.165, 1.54) is 11.1 Å². The third-order valence-corrected chi connectivity index (χ3v) is 2.82. The zero-order chi connectivity index (χ0) is 11.2. The second-order valence-corrected chi connectivity index (χ2v) is 4.09.